The Bertz CT molecular complexity index is 594. The summed E-state index contributed by atoms with van der Waals surface area (Å²) in [5.41, 5.74) is -0.224. The van der Waals surface area contributed by atoms with Crippen LogP contribution in [0.5, 0.6) is 0 Å². The van der Waals surface area contributed by atoms with Crippen LogP contribution >= 0.6 is 23.2 Å². The molecule has 114 valence electrons. The standard InChI is InChI=1S/C13H14Cl2N2O4/c1-7-6-21-8(2)5-16(7)13(18)9-3-10(14)12(15)11(4-9)17(19)20/h3-4,7-8H,5-6H2,1-2H3. The van der Waals surface area contributed by atoms with Gasteiger partial charge in [-0.15, -0.1) is 0 Å². The average Bonchev–Trinajstić information content (AvgIpc) is 2.43. The third-order valence-corrected chi connectivity index (χ3v) is 4.11. The molecule has 2 unspecified atom stereocenters. The molecule has 0 aromatic heterocycles. The van der Waals surface area contributed by atoms with Crippen LogP contribution in [0.25, 0.3) is 0 Å². The fraction of sp³-hybridized carbons (Fsp3) is 0.462. The molecule has 2 atom stereocenters. The maximum atomic E-state index is 12.5. The van der Waals surface area contributed by atoms with E-state index in [2.05, 4.69) is 0 Å². The fourth-order valence-corrected chi connectivity index (χ4v) is 2.58. The molecule has 1 aromatic rings. The van der Waals surface area contributed by atoms with Crippen LogP contribution in [0.2, 0.25) is 10.0 Å². The lowest BCUT2D eigenvalue weighted by atomic mass is 10.1. The number of nitrogens with zero attached hydrogens (tertiary/aromatic N) is 2. The minimum absolute atomic E-state index is 0.0109. The van der Waals surface area contributed by atoms with Gasteiger partial charge in [0.1, 0.15) is 5.02 Å². The largest absolute Gasteiger partial charge is 0.375 e. The monoisotopic (exact) mass is 332 g/mol. The number of hydrogen-bond donors (Lipinski definition) is 0. The Morgan fingerprint density at radius 1 is 1.43 bits per heavy atom. The van der Waals surface area contributed by atoms with Crippen molar-refractivity contribution in [3.8, 4) is 0 Å². The van der Waals surface area contributed by atoms with E-state index in [9.17, 15) is 14.9 Å². The van der Waals surface area contributed by atoms with E-state index in [1.807, 2.05) is 13.8 Å². The number of halogens is 2. The molecule has 21 heavy (non-hydrogen) atoms. The quantitative estimate of drug-likeness (QED) is 0.616. The fourth-order valence-electron chi connectivity index (χ4n) is 2.18. The van der Waals surface area contributed by atoms with Crippen LogP contribution in [0.1, 0.15) is 24.2 Å². The van der Waals surface area contributed by atoms with Gasteiger partial charge in [-0.2, -0.15) is 0 Å². The van der Waals surface area contributed by atoms with Crippen LogP contribution in [-0.4, -0.2) is 41.0 Å². The van der Waals surface area contributed by atoms with E-state index in [-0.39, 0.29) is 39.3 Å². The number of carbonyl (C=O) groups excluding carboxylic acids is 1. The molecule has 0 saturated carbocycles. The van der Waals surface area contributed by atoms with Crippen LogP contribution in [0.3, 0.4) is 0 Å². The van der Waals surface area contributed by atoms with Crippen molar-refractivity contribution in [1.82, 2.24) is 4.90 Å². The molecule has 0 bridgehead atoms. The molecule has 1 heterocycles. The van der Waals surface area contributed by atoms with E-state index in [1.54, 1.807) is 4.90 Å². The molecule has 1 aliphatic heterocycles. The molecule has 1 aliphatic rings. The van der Waals surface area contributed by atoms with Crippen LogP contribution < -0.4 is 0 Å². The molecule has 6 nitrogen and oxygen atoms in total. The van der Waals surface area contributed by atoms with E-state index in [0.717, 1.165) is 6.07 Å². The number of amides is 1. The zero-order valence-electron chi connectivity index (χ0n) is 11.5. The SMILES string of the molecule is CC1CN(C(=O)c2cc(Cl)c(Cl)c([N+](=O)[O-])c2)C(C)CO1. The first-order valence-corrected chi connectivity index (χ1v) is 7.13. The Morgan fingerprint density at radius 3 is 2.71 bits per heavy atom. The summed E-state index contributed by atoms with van der Waals surface area (Å²) in [6.07, 6.45) is -0.0806. The van der Waals surface area contributed by atoms with Gasteiger partial charge in [-0.25, -0.2) is 0 Å². The van der Waals surface area contributed by atoms with Crippen molar-refractivity contribution in [2.24, 2.45) is 0 Å². The lowest BCUT2D eigenvalue weighted by Gasteiger charge is -2.36. The lowest BCUT2D eigenvalue weighted by molar-refractivity contribution is -0.384. The van der Waals surface area contributed by atoms with E-state index in [0.29, 0.717) is 13.2 Å². The summed E-state index contributed by atoms with van der Waals surface area (Å²) in [5.74, 6) is -0.320. The average molecular weight is 333 g/mol. The predicted molar refractivity (Wildman–Crippen MR) is 79.0 cm³/mol. The minimum Gasteiger partial charge on any atom is -0.375 e. The number of carbonyl (C=O) groups is 1. The Kier molecular flexibility index (Phi) is 4.70. The summed E-state index contributed by atoms with van der Waals surface area (Å²) in [6, 6.07) is 2.40. The number of benzene rings is 1. The van der Waals surface area contributed by atoms with Crippen molar-refractivity contribution < 1.29 is 14.5 Å². The van der Waals surface area contributed by atoms with Gasteiger partial charge in [0.2, 0.25) is 0 Å². The van der Waals surface area contributed by atoms with Crippen LogP contribution in [0, 0.1) is 10.1 Å². The molecule has 0 radical (unpaired) electrons. The Labute approximate surface area is 131 Å². The van der Waals surface area contributed by atoms with Gasteiger partial charge in [-0.1, -0.05) is 23.2 Å². The van der Waals surface area contributed by atoms with Gasteiger partial charge in [-0.3, -0.25) is 14.9 Å². The zero-order chi connectivity index (χ0) is 15.7. The van der Waals surface area contributed by atoms with Crippen LogP contribution in [0.15, 0.2) is 12.1 Å². The minimum atomic E-state index is -0.656. The van der Waals surface area contributed by atoms with Crippen LogP contribution in [-0.2, 0) is 4.74 Å². The van der Waals surface area contributed by atoms with Crippen molar-refractivity contribution >= 4 is 34.8 Å². The van der Waals surface area contributed by atoms with Crippen LogP contribution in [0.4, 0.5) is 5.69 Å². The van der Waals surface area contributed by atoms with Crippen molar-refractivity contribution in [3.05, 3.63) is 37.9 Å². The summed E-state index contributed by atoms with van der Waals surface area (Å²) < 4.78 is 5.46. The first kappa shape index (κ1) is 16.0. The Morgan fingerprint density at radius 2 is 2.10 bits per heavy atom. The predicted octanol–water partition coefficient (Wildman–Crippen LogP) is 3.15. The molecule has 1 amide bonds. The van der Waals surface area contributed by atoms with Gasteiger partial charge in [0.25, 0.3) is 11.6 Å². The second kappa shape index (κ2) is 6.17. The molecule has 0 N–H and O–H groups in total. The van der Waals surface area contributed by atoms with Gasteiger partial charge in [0, 0.05) is 18.2 Å². The maximum absolute atomic E-state index is 12.5. The first-order chi connectivity index (χ1) is 9.81. The number of morpholine rings is 1. The maximum Gasteiger partial charge on any atom is 0.290 e. The smallest absolute Gasteiger partial charge is 0.290 e. The molecule has 0 spiro atoms. The molecule has 1 saturated heterocycles. The summed E-state index contributed by atoms with van der Waals surface area (Å²) in [4.78, 5) is 24.5. The Balaban J connectivity index is 2.37. The Hall–Kier alpha value is -1.37. The van der Waals surface area contributed by atoms with Gasteiger partial charge < -0.3 is 9.64 Å². The number of hydrogen-bond acceptors (Lipinski definition) is 4. The zero-order valence-corrected chi connectivity index (χ0v) is 13.0. The third kappa shape index (κ3) is 3.28. The number of ether oxygens (including phenoxy) is 1. The summed E-state index contributed by atoms with van der Waals surface area (Å²) in [5, 5.41) is 10.8. The molecule has 1 fully saturated rings. The van der Waals surface area contributed by atoms with E-state index in [4.69, 9.17) is 27.9 Å². The highest BCUT2D eigenvalue weighted by Gasteiger charge is 2.30. The normalized spacial score (nSPS) is 22.2. The molecule has 0 aliphatic carbocycles. The second-order valence-electron chi connectivity index (χ2n) is 5.00. The van der Waals surface area contributed by atoms with Gasteiger partial charge in [-0.05, 0) is 19.9 Å². The lowest BCUT2D eigenvalue weighted by Crippen LogP contribution is -2.50. The molecule has 8 heteroatoms. The molecular formula is C13H14Cl2N2O4. The topological polar surface area (TPSA) is 72.7 Å². The number of rotatable bonds is 2. The van der Waals surface area contributed by atoms with E-state index >= 15 is 0 Å². The van der Waals surface area contributed by atoms with Crippen molar-refractivity contribution in [2.45, 2.75) is 26.0 Å². The highest BCUT2D eigenvalue weighted by molar-refractivity contribution is 6.43. The highest BCUT2D eigenvalue weighted by Crippen LogP contribution is 2.33. The third-order valence-electron chi connectivity index (χ3n) is 3.32. The van der Waals surface area contributed by atoms with Crippen molar-refractivity contribution in [1.29, 1.82) is 0 Å². The number of nitro benzene ring substituents is 1. The molecular weight excluding hydrogens is 319 g/mol. The van der Waals surface area contributed by atoms with Crippen molar-refractivity contribution in [2.75, 3.05) is 13.2 Å². The van der Waals surface area contributed by atoms with Gasteiger partial charge in [0.05, 0.1) is 28.7 Å². The summed E-state index contributed by atoms with van der Waals surface area (Å²) >= 11 is 11.7. The van der Waals surface area contributed by atoms with Gasteiger partial charge >= 0.3 is 0 Å². The molecule has 1 aromatic carbocycles. The summed E-state index contributed by atoms with van der Waals surface area (Å²) in [6.45, 7) is 4.57. The summed E-state index contributed by atoms with van der Waals surface area (Å²) in [7, 11) is 0. The van der Waals surface area contributed by atoms with Crippen molar-refractivity contribution in [3.63, 3.8) is 0 Å². The number of nitro groups is 1. The van der Waals surface area contributed by atoms with E-state index < -0.39 is 4.92 Å². The highest BCUT2D eigenvalue weighted by atomic mass is 35.5. The van der Waals surface area contributed by atoms with Gasteiger partial charge in [0.15, 0.2) is 0 Å². The molecule has 2 rings (SSSR count). The van der Waals surface area contributed by atoms with E-state index in [1.165, 1.54) is 6.07 Å². The second-order valence-corrected chi connectivity index (χ2v) is 5.78. The first-order valence-electron chi connectivity index (χ1n) is 6.37.